The Kier molecular flexibility index (Phi) is 9.79. The van der Waals surface area contributed by atoms with Gasteiger partial charge in [0.25, 0.3) is 5.91 Å². The van der Waals surface area contributed by atoms with Crippen molar-refractivity contribution in [3.63, 3.8) is 0 Å². The van der Waals surface area contributed by atoms with Gasteiger partial charge in [-0.3, -0.25) is 9.59 Å². The zero-order valence-corrected chi connectivity index (χ0v) is 27.2. The molecule has 0 unspecified atom stereocenters. The van der Waals surface area contributed by atoms with E-state index in [9.17, 15) is 24.2 Å². The SMILES string of the molecule is CC(C)n1c(CC[C@@H](O)C[C@@H](O)CC(=O)OC(C)(C)C)c(-c2ccc(F)cc2)c2c1C(=O)N(c1ccccc1)Cc1ccccc1-2. The summed E-state index contributed by atoms with van der Waals surface area (Å²) < 4.78 is 21.6. The lowest BCUT2D eigenvalue weighted by molar-refractivity contribution is -0.157. The number of carbonyl (C=O) groups excluding carboxylic acids is 2. The van der Waals surface area contributed by atoms with Crippen LogP contribution in [0, 0.1) is 5.82 Å². The summed E-state index contributed by atoms with van der Waals surface area (Å²) in [5, 5.41) is 21.6. The molecule has 46 heavy (non-hydrogen) atoms. The van der Waals surface area contributed by atoms with Crippen LogP contribution in [0.25, 0.3) is 22.3 Å². The number of rotatable bonds is 10. The number of carbonyl (C=O) groups is 2. The number of halogens is 1. The molecule has 2 N–H and O–H groups in total. The Balaban J connectivity index is 1.60. The number of aliphatic hydroxyl groups excluding tert-OH is 2. The van der Waals surface area contributed by atoms with E-state index in [1.165, 1.54) is 12.1 Å². The number of anilines is 1. The average molecular weight is 627 g/mol. The Morgan fingerprint density at radius 1 is 0.913 bits per heavy atom. The van der Waals surface area contributed by atoms with Gasteiger partial charge in [-0.25, -0.2) is 4.39 Å². The summed E-state index contributed by atoms with van der Waals surface area (Å²) in [6.07, 6.45) is -1.56. The van der Waals surface area contributed by atoms with Crippen LogP contribution < -0.4 is 4.90 Å². The van der Waals surface area contributed by atoms with Gasteiger partial charge in [0.1, 0.15) is 17.1 Å². The molecule has 1 aliphatic heterocycles. The van der Waals surface area contributed by atoms with Gasteiger partial charge in [0.05, 0.1) is 25.2 Å². The minimum Gasteiger partial charge on any atom is -0.460 e. The molecule has 4 aromatic rings. The van der Waals surface area contributed by atoms with E-state index in [0.29, 0.717) is 18.7 Å². The van der Waals surface area contributed by atoms with Gasteiger partial charge in [-0.1, -0.05) is 54.6 Å². The molecule has 0 aliphatic carbocycles. The van der Waals surface area contributed by atoms with E-state index in [1.54, 1.807) is 37.8 Å². The van der Waals surface area contributed by atoms with E-state index >= 15 is 0 Å². The molecule has 0 radical (unpaired) electrons. The molecule has 7 nitrogen and oxygen atoms in total. The van der Waals surface area contributed by atoms with E-state index in [2.05, 4.69) is 4.57 Å². The average Bonchev–Trinajstić information content (AvgIpc) is 3.27. The van der Waals surface area contributed by atoms with Crippen molar-refractivity contribution < 1.29 is 28.9 Å². The molecule has 3 aromatic carbocycles. The fraction of sp³-hybridized carbons (Fsp3) is 0.368. The summed E-state index contributed by atoms with van der Waals surface area (Å²) in [5.74, 6) is -1.03. The number of amides is 1. The van der Waals surface area contributed by atoms with Crippen molar-refractivity contribution in [3.8, 4) is 22.3 Å². The van der Waals surface area contributed by atoms with Gasteiger partial charge in [0.2, 0.25) is 0 Å². The molecule has 2 atom stereocenters. The summed E-state index contributed by atoms with van der Waals surface area (Å²) in [4.78, 5) is 28.7. The normalized spacial score (nSPS) is 14.5. The molecule has 1 aromatic heterocycles. The van der Waals surface area contributed by atoms with Crippen LogP contribution in [0.5, 0.6) is 0 Å². The molecule has 0 saturated carbocycles. The molecular formula is C38H43FN2O5. The zero-order valence-electron chi connectivity index (χ0n) is 27.2. The van der Waals surface area contributed by atoms with Crippen LogP contribution in [0.1, 0.15) is 81.7 Å². The minimum absolute atomic E-state index is 0.00320. The number of nitrogens with zero attached hydrogens (tertiary/aromatic N) is 2. The molecule has 0 bridgehead atoms. The van der Waals surface area contributed by atoms with Crippen molar-refractivity contribution in [2.24, 2.45) is 0 Å². The monoisotopic (exact) mass is 626 g/mol. The maximum Gasteiger partial charge on any atom is 0.308 e. The highest BCUT2D eigenvalue weighted by molar-refractivity contribution is 6.13. The summed E-state index contributed by atoms with van der Waals surface area (Å²) in [5.41, 5.74) is 5.78. The number of benzene rings is 3. The number of para-hydroxylation sites is 1. The summed E-state index contributed by atoms with van der Waals surface area (Å²) >= 11 is 0. The topological polar surface area (TPSA) is 92.0 Å². The first-order valence-corrected chi connectivity index (χ1v) is 15.9. The molecule has 1 amide bonds. The number of hydrogen-bond donors (Lipinski definition) is 2. The first kappa shape index (κ1) is 33.1. The van der Waals surface area contributed by atoms with Gasteiger partial charge in [-0.15, -0.1) is 0 Å². The van der Waals surface area contributed by atoms with Crippen molar-refractivity contribution in [2.45, 2.75) is 90.7 Å². The Morgan fingerprint density at radius 3 is 2.22 bits per heavy atom. The third-order valence-corrected chi connectivity index (χ3v) is 8.17. The van der Waals surface area contributed by atoms with E-state index in [4.69, 9.17) is 4.74 Å². The van der Waals surface area contributed by atoms with Crippen LogP contribution in [-0.4, -0.2) is 44.5 Å². The second-order valence-electron chi connectivity index (χ2n) is 13.3. The van der Waals surface area contributed by atoms with Crippen LogP contribution in [0.2, 0.25) is 0 Å². The number of fused-ring (bicyclic) bond motifs is 3. The Bertz CT molecular complexity index is 1690. The van der Waals surface area contributed by atoms with Crippen molar-refractivity contribution in [1.29, 1.82) is 0 Å². The third-order valence-electron chi connectivity index (χ3n) is 8.17. The maximum absolute atomic E-state index is 14.7. The van der Waals surface area contributed by atoms with Crippen molar-refractivity contribution in [3.05, 3.63) is 102 Å². The number of aliphatic hydroxyl groups is 2. The molecule has 0 saturated heterocycles. The predicted octanol–water partition coefficient (Wildman–Crippen LogP) is 7.48. The zero-order chi connectivity index (χ0) is 33.2. The highest BCUT2D eigenvalue weighted by Gasteiger charge is 2.36. The first-order valence-electron chi connectivity index (χ1n) is 15.9. The highest BCUT2D eigenvalue weighted by Crippen LogP contribution is 2.46. The fourth-order valence-corrected chi connectivity index (χ4v) is 6.34. The second kappa shape index (κ2) is 13.6. The minimum atomic E-state index is -1.07. The van der Waals surface area contributed by atoms with Gasteiger partial charge in [0.15, 0.2) is 0 Å². The van der Waals surface area contributed by atoms with Crippen LogP contribution in [0.3, 0.4) is 0 Å². The fourth-order valence-electron chi connectivity index (χ4n) is 6.34. The molecule has 0 spiro atoms. The van der Waals surface area contributed by atoms with E-state index in [0.717, 1.165) is 39.2 Å². The number of esters is 1. The highest BCUT2D eigenvalue weighted by atomic mass is 19.1. The van der Waals surface area contributed by atoms with Crippen LogP contribution in [0.15, 0.2) is 78.9 Å². The molecule has 1 aliphatic rings. The van der Waals surface area contributed by atoms with Crippen LogP contribution >= 0.6 is 0 Å². The Labute approximate surface area is 270 Å². The largest absolute Gasteiger partial charge is 0.460 e. The van der Waals surface area contributed by atoms with E-state index in [1.807, 2.05) is 68.4 Å². The molecule has 5 rings (SSSR count). The Morgan fingerprint density at radius 2 is 1.57 bits per heavy atom. The van der Waals surface area contributed by atoms with Gasteiger partial charge in [-0.2, -0.15) is 0 Å². The maximum atomic E-state index is 14.7. The second-order valence-corrected chi connectivity index (χ2v) is 13.3. The van der Waals surface area contributed by atoms with Crippen molar-refractivity contribution in [2.75, 3.05) is 4.90 Å². The lowest BCUT2D eigenvalue weighted by Gasteiger charge is -2.25. The van der Waals surface area contributed by atoms with Crippen molar-refractivity contribution >= 4 is 17.6 Å². The lowest BCUT2D eigenvalue weighted by atomic mass is 9.91. The predicted molar refractivity (Wildman–Crippen MR) is 178 cm³/mol. The smallest absolute Gasteiger partial charge is 0.308 e. The standard InChI is InChI=1S/C38H43FN2O5/c1-24(2)41-32(20-19-29(42)21-30(43)22-33(44)46-38(3,4)5)34(25-15-17-27(39)18-16-25)35-31-14-10-9-11-26(31)23-40(37(45)36(35)41)28-12-7-6-8-13-28/h6-18,24,29-30,42-43H,19-23H2,1-5H3/t29-,30-/m1/s1. The molecule has 0 fully saturated rings. The first-order chi connectivity index (χ1) is 21.8. The third kappa shape index (κ3) is 7.24. The van der Waals surface area contributed by atoms with Gasteiger partial charge in [-0.05, 0) is 94.8 Å². The quantitative estimate of drug-likeness (QED) is 0.178. The van der Waals surface area contributed by atoms with Gasteiger partial charge >= 0.3 is 5.97 Å². The molecular weight excluding hydrogens is 583 g/mol. The van der Waals surface area contributed by atoms with Crippen LogP contribution in [0.4, 0.5) is 10.1 Å². The van der Waals surface area contributed by atoms with Gasteiger partial charge < -0.3 is 24.4 Å². The van der Waals surface area contributed by atoms with E-state index < -0.39 is 23.8 Å². The summed E-state index contributed by atoms with van der Waals surface area (Å²) in [7, 11) is 0. The van der Waals surface area contributed by atoms with Gasteiger partial charge in [0, 0.05) is 28.6 Å². The van der Waals surface area contributed by atoms with Crippen LogP contribution in [-0.2, 0) is 22.5 Å². The summed E-state index contributed by atoms with van der Waals surface area (Å²) in [6, 6.07) is 23.7. The van der Waals surface area contributed by atoms with E-state index in [-0.39, 0.29) is 37.0 Å². The molecule has 8 heteroatoms. The number of ether oxygens (including phenoxy) is 1. The number of aromatic nitrogens is 1. The molecule has 242 valence electrons. The van der Waals surface area contributed by atoms with Crippen molar-refractivity contribution in [1.82, 2.24) is 4.57 Å². The lowest BCUT2D eigenvalue weighted by Crippen LogP contribution is -2.32. The Hall–Kier alpha value is -4.27. The molecule has 2 heterocycles. The number of hydrogen-bond acceptors (Lipinski definition) is 5. The summed E-state index contributed by atoms with van der Waals surface area (Å²) in [6.45, 7) is 9.72.